The molecule has 2 unspecified atom stereocenters. The van der Waals surface area contributed by atoms with Crippen LogP contribution in [0.5, 0.6) is 0 Å². The highest BCUT2D eigenvalue weighted by atomic mass is 35.5. The summed E-state index contributed by atoms with van der Waals surface area (Å²) in [5.41, 5.74) is 0.521. The Morgan fingerprint density at radius 3 is 2.84 bits per heavy atom. The van der Waals surface area contributed by atoms with Gasteiger partial charge in [0.2, 0.25) is 0 Å². The van der Waals surface area contributed by atoms with Gasteiger partial charge in [0, 0.05) is 17.5 Å². The number of aliphatic hydroxyl groups is 1. The maximum absolute atomic E-state index is 13.3. The molecule has 1 aromatic carbocycles. The summed E-state index contributed by atoms with van der Waals surface area (Å²) in [7, 11) is 0. The molecule has 102 valence electrons. The van der Waals surface area contributed by atoms with Gasteiger partial charge in [0.25, 0.3) is 0 Å². The zero-order chi connectivity index (χ0) is 13.8. The molecular formula is C14H15ClFNOS. The SMILES string of the molecule is CC(NCC(O)c1ccc(Cl)c(F)c1)c1cccs1. The van der Waals surface area contributed by atoms with Crippen molar-refractivity contribution in [3.63, 3.8) is 0 Å². The molecule has 0 aliphatic heterocycles. The number of nitrogens with one attached hydrogen (secondary N) is 1. The lowest BCUT2D eigenvalue weighted by atomic mass is 10.1. The average molecular weight is 300 g/mol. The van der Waals surface area contributed by atoms with Crippen molar-refractivity contribution in [1.82, 2.24) is 5.32 Å². The molecule has 0 aliphatic carbocycles. The fourth-order valence-electron chi connectivity index (χ4n) is 1.76. The number of thiophene rings is 1. The predicted molar refractivity (Wildman–Crippen MR) is 77.1 cm³/mol. The van der Waals surface area contributed by atoms with Gasteiger partial charge in [-0.25, -0.2) is 4.39 Å². The number of halogens is 2. The quantitative estimate of drug-likeness (QED) is 0.877. The standard InChI is InChI=1S/C14H15ClFNOS/c1-9(14-3-2-6-19-14)17-8-13(18)10-4-5-11(15)12(16)7-10/h2-7,9,13,17-18H,8H2,1H3. The first-order valence-electron chi connectivity index (χ1n) is 5.97. The molecule has 19 heavy (non-hydrogen) atoms. The predicted octanol–water partition coefficient (Wildman–Crippen LogP) is 3.92. The zero-order valence-corrected chi connectivity index (χ0v) is 12.0. The van der Waals surface area contributed by atoms with E-state index in [1.807, 2.05) is 24.4 Å². The molecule has 1 aromatic heterocycles. The van der Waals surface area contributed by atoms with E-state index in [1.54, 1.807) is 17.4 Å². The first-order chi connectivity index (χ1) is 9.08. The Bertz CT molecular complexity index is 532. The van der Waals surface area contributed by atoms with Crippen LogP contribution in [0, 0.1) is 5.82 Å². The van der Waals surface area contributed by atoms with Crippen LogP contribution in [0.15, 0.2) is 35.7 Å². The van der Waals surface area contributed by atoms with Gasteiger partial charge < -0.3 is 10.4 Å². The molecule has 2 rings (SSSR count). The third kappa shape index (κ3) is 3.76. The van der Waals surface area contributed by atoms with Crippen molar-refractivity contribution in [2.75, 3.05) is 6.54 Å². The van der Waals surface area contributed by atoms with E-state index in [-0.39, 0.29) is 11.1 Å². The molecule has 5 heteroatoms. The van der Waals surface area contributed by atoms with Crippen LogP contribution >= 0.6 is 22.9 Å². The highest BCUT2D eigenvalue weighted by molar-refractivity contribution is 7.10. The molecule has 0 bridgehead atoms. The van der Waals surface area contributed by atoms with Gasteiger partial charge in [0.1, 0.15) is 5.82 Å². The minimum absolute atomic E-state index is 0.0656. The fraction of sp³-hybridized carbons (Fsp3) is 0.286. The molecule has 2 atom stereocenters. The van der Waals surface area contributed by atoms with Crippen LogP contribution in [0.1, 0.15) is 29.5 Å². The van der Waals surface area contributed by atoms with E-state index in [0.29, 0.717) is 12.1 Å². The molecule has 0 spiro atoms. The average Bonchev–Trinajstić information content (AvgIpc) is 2.92. The van der Waals surface area contributed by atoms with Crippen molar-refractivity contribution >= 4 is 22.9 Å². The van der Waals surface area contributed by atoms with Crippen LogP contribution in [0.4, 0.5) is 4.39 Å². The highest BCUT2D eigenvalue weighted by Crippen LogP contribution is 2.22. The Morgan fingerprint density at radius 1 is 1.42 bits per heavy atom. The van der Waals surface area contributed by atoms with E-state index in [1.165, 1.54) is 17.0 Å². The Kier molecular flexibility index (Phi) is 4.93. The van der Waals surface area contributed by atoms with E-state index in [0.717, 1.165) is 0 Å². The summed E-state index contributed by atoms with van der Waals surface area (Å²) >= 11 is 7.27. The Labute approximate surface area is 120 Å². The highest BCUT2D eigenvalue weighted by Gasteiger charge is 2.12. The van der Waals surface area contributed by atoms with Gasteiger partial charge >= 0.3 is 0 Å². The van der Waals surface area contributed by atoms with Crippen molar-refractivity contribution < 1.29 is 9.50 Å². The zero-order valence-electron chi connectivity index (χ0n) is 10.4. The molecule has 1 heterocycles. The molecule has 0 radical (unpaired) electrons. The third-order valence-corrected chi connectivity index (χ3v) is 4.28. The van der Waals surface area contributed by atoms with Crippen molar-refractivity contribution in [2.45, 2.75) is 19.1 Å². The normalized spacial score (nSPS) is 14.3. The number of aliphatic hydroxyl groups excluding tert-OH is 1. The van der Waals surface area contributed by atoms with Crippen LogP contribution in [0.2, 0.25) is 5.02 Å². The monoisotopic (exact) mass is 299 g/mol. The lowest BCUT2D eigenvalue weighted by Gasteiger charge is -2.16. The van der Waals surface area contributed by atoms with Crippen molar-refractivity contribution in [3.05, 3.63) is 57.0 Å². The fourth-order valence-corrected chi connectivity index (χ4v) is 2.64. The molecule has 0 amide bonds. The van der Waals surface area contributed by atoms with Gasteiger partial charge in [0.15, 0.2) is 0 Å². The largest absolute Gasteiger partial charge is 0.387 e. The van der Waals surface area contributed by atoms with E-state index in [2.05, 4.69) is 5.32 Å². The van der Waals surface area contributed by atoms with E-state index < -0.39 is 11.9 Å². The second-order valence-electron chi connectivity index (χ2n) is 4.33. The Morgan fingerprint density at radius 2 is 2.21 bits per heavy atom. The molecule has 0 fully saturated rings. The maximum Gasteiger partial charge on any atom is 0.142 e. The molecule has 0 aliphatic rings. The van der Waals surface area contributed by atoms with E-state index in [4.69, 9.17) is 11.6 Å². The second kappa shape index (κ2) is 6.48. The van der Waals surface area contributed by atoms with Crippen LogP contribution in [0.25, 0.3) is 0 Å². The Balaban J connectivity index is 1.93. The smallest absolute Gasteiger partial charge is 0.142 e. The summed E-state index contributed by atoms with van der Waals surface area (Å²) in [5.74, 6) is -0.510. The summed E-state index contributed by atoms with van der Waals surface area (Å²) in [6.07, 6.45) is -0.755. The number of benzene rings is 1. The minimum atomic E-state index is -0.755. The van der Waals surface area contributed by atoms with Gasteiger partial charge in [-0.2, -0.15) is 0 Å². The van der Waals surface area contributed by atoms with Gasteiger partial charge in [-0.3, -0.25) is 0 Å². The molecular weight excluding hydrogens is 285 g/mol. The summed E-state index contributed by atoms with van der Waals surface area (Å²) in [5, 5.41) is 15.3. The van der Waals surface area contributed by atoms with E-state index >= 15 is 0 Å². The number of rotatable bonds is 5. The van der Waals surface area contributed by atoms with E-state index in [9.17, 15) is 9.50 Å². The number of hydrogen-bond acceptors (Lipinski definition) is 3. The lowest BCUT2D eigenvalue weighted by Crippen LogP contribution is -2.24. The topological polar surface area (TPSA) is 32.3 Å². The van der Waals surface area contributed by atoms with Gasteiger partial charge in [0.05, 0.1) is 11.1 Å². The summed E-state index contributed by atoms with van der Waals surface area (Å²) in [6, 6.07) is 8.54. The van der Waals surface area contributed by atoms with Crippen LogP contribution in [-0.2, 0) is 0 Å². The first kappa shape index (κ1) is 14.5. The summed E-state index contributed by atoms with van der Waals surface area (Å²) in [6.45, 7) is 2.39. The Hall–Kier alpha value is -0.940. The van der Waals surface area contributed by atoms with Gasteiger partial charge in [-0.1, -0.05) is 23.7 Å². The van der Waals surface area contributed by atoms with Gasteiger partial charge in [-0.15, -0.1) is 11.3 Å². The number of hydrogen-bond donors (Lipinski definition) is 2. The summed E-state index contributed by atoms with van der Waals surface area (Å²) in [4.78, 5) is 1.20. The minimum Gasteiger partial charge on any atom is -0.387 e. The van der Waals surface area contributed by atoms with Gasteiger partial charge in [-0.05, 0) is 36.1 Å². The lowest BCUT2D eigenvalue weighted by molar-refractivity contribution is 0.170. The molecule has 2 N–H and O–H groups in total. The second-order valence-corrected chi connectivity index (χ2v) is 5.72. The van der Waals surface area contributed by atoms with Crippen LogP contribution < -0.4 is 5.32 Å². The molecule has 2 aromatic rings. The molecule has 0 saturated carbocycles. The third-order valence-electron chi connectivity index (χ3n) is 2.92. The summed E-state index contributed by atoms with van der Waals surface area (Å²) < 4.78 is 13.3. The first-order valence-corrected chi connectivity index (χ1v) is 7.23. The molecule has 2 nitrogen and oxygen atoms in total. The van der Waals surface area contributed by atoms with Crippen molar-refractivity contribution in [3.8, 4) is 0 Å². The van der Waals surface area contributed by atoms with Crippen molar-refractivity contribution in [2.24, 2.45) is 0 Å². The van der Waals surface area contributed by atoms with Crippen LogP contribution in [0.3, 0.4) is 0 Å². The maximum atomic E-state index is 13.3. The van der Waals surface area contributed by atoms with Crippen LogP contribution in [-0.4, -0.2) is 11.7 Å². The molecule has 0 saturated heterocycles. The van der Waals surface area contributed by atoms with Crippen molar-refractivity contribution in [1.29, 1.82) is 0 Å².